The maximum atomic E-state index is 13.0. The van der Waals surface area contributed by atoms with Crippen LogP contribution in [0.2, 0.25) is 0 Å². The summed E-state index contributed by atoms with van der Waals surface area (Å²) in [7, 11) is 0. The zero-order valence-corrected chi connectivity index (χ0v) is 13.1. The Morgan fingerprint density at radius 3 is 2.57 bits per heavy atom. The fourth-order valence-electron chi connectivity index (χ4n) is 2.02. The molecule has 2 aromatic rings. The number of benzene rings is 1. The third kappa shape index (κ3) is 4.07. The summed E-state index contributed by atoms with van der Waals surface area (Å²) in [5.74, 6) is 0.128. The summed E-state index contributed by atoms with van der Waals surface area (Å²) in [4.78, 5) is 8.66. The van der Waals surface area contributed by atoms with Crippen LogP contribution >= 0.6 is 11.8 Å². The lowest BCUT2D eigenvalue weighted by Crippen LogP contribution is -2.14. The van der Waals surface area contributed by atoms with Crippen molar-refractivity contribution < 1.29 is 13.2 Å². The van der Waals surface area contributed by atoms with Gasteiger partial charge in [0.25, 0.3) is 0 Å². The predicted molar refractivity (Wildman–Crippen MR) is 85.2 cm³/mol. The van der Waals surface area contributed by atoms with E-state index in [-0.39, 0.29) is 17.8 Å². The van der Waals surface area contributed by atoms with Crippen LogP contribution in [0.15, 0.2) is 35.2 Å². The molecule has 0 aliphatic heterocycles. The highest BCUT2D eigenvalue weighted by Crippen LogP contribution is 2.33. The standard InChI is InChI=1S/C15H15F3N4S/c1-23-11-5-3-2-4-10(11)20-13-8-12(15(16,17)18)21-14(22-13)19-9-6-7-9/h2-5,8-9H,6-7H2,1H3,(H2,19,20,21,22). The number of nitrogens with zero attached hydrogens (tertiary/aromatic N) is 2. The highest BCUT2D eigenvalue weighted by atomic mass is 32.2. The first-order chi connectivity index (χ1) is 11.0. The average Bonchev–Trinajstić information content (AvgIpc) is 3.30. The summed E-state index contributed by atoms with van der Waals surface area (Å²) in [6.07, 6.45) is -0.755. The van der Waals surface area contributed by atoms with E-state index in [9.17, 15) is 13.2 Å². The first-order valence-electron chi connectivity index (χ1n) is 7.08. The van der Waals surface area contributed by atoms with E-state index in [2.05, 4.69) is 20.6 Å². The highest BCUT2D eigenvalue weighted by molar-refractivity contribution is 7.98. The Morgan fingerprint density at radius 1 is 1.17 bits per heavy atom. The lowest BCUT2D eigenvalue weighted by molar-refractivity contribution is -0.141. The monoisotopic (exact) mass is 340 g/mol. The van der Waals surface area contributed by atoms with Crippen molar-refractivity contribution in [1.82, 2.24) is 9.97 Å². The molecule has 0 spiro atoms. The molecular formula is C15H15F3N4S. The summed E-state index contributed by atoms with van der Waals surface area (Å²) in [5, 5.41) is 5.87. The molecule has 1 aliphatic carbocycles. The lowest BCUT2D eigenvalue weighted by atomic mass is 10.3. The van der Waals surface area contributed by atoms with Gasteiger partial charge in [-0.05, 0) is 31.2 Å². The molecule has 0 radical (unpaired) electrons. The summed E-state index contributed by atoms with van der Waals surface area (Å²) in [6, 6.07) is 8.48. The number of rotatable bonds is 5. The van der Waals surface area contributed by atoms with Gasteiger partial charge in [-0.15, -0.1) is 11.8 Å². The van der Waals surface area contributed by atoms with Gasteiger partial charge in [0.15, 0.2) is 5.69 Å². The van der Waals surface area contributed by atoms with E-state index < -0.39 is 11.9 Å². The van der Waals surface area contributed by atoms with Crippen LogP contribution in [0.4, 0.5) is 30.6 Å². The number of thioether (sulfide) groups is 1. The van der Waals surface area contributed by atoms with Gasteiger partial charge in [-0.3, -0.25) is 0 Å². The molecule has 0 saturated heterocycles. The molecule has 122 valence electrons. The first-order valence-corrected chi connectivity index (χ1v) is 8.31. The Bertz CT molecular complexity index is 701. The molecule has 4 nitrogen and oxygen atoms in total. The van der Waals surface area contributed by atoms with Gasteiger partial charge in [-0.25, -0.2) is 4.98 Å². The molecule has 1 aliphatic rings. The first kappa shape index (κ1) is 15.9. The quantitative estimate of drug-likeness (QED) is 0.783. The smallest absolute Gasteiger partial charge is 0.351 e. The second-order valence-electron chi connectivity index (χ2n) is 5.20. The molecule has 1 aromatic carbocycles. The van der Waals surface area contributed by atoms with E-state index in [0.717, 1.165) is 23.8 Å². The van der Waals surface area contributed by atoms with Crippen molar-refractivity contribution in [2.45, 2.75) is 30.0 Å². The van der Waals surface area contributed by atoms with Crippen LogP contribution in [0.25, 0.3) is 0 Å². The number of para-hydroxylation sites is 1. The fourth-order valence-corrected chi connectivity index (χ4v) is 2.57. The van der Waals surface area contributed by atoms with E-state index in [4.69, 9.17) is 0 Å². The largest absolute Gasteiger partial charge is 0.433 e. The second kappa shape index (κ2) is 6.27. The van der Waals surface area contributed by atoms with Crippen LogP contribution in [-0.2, 0) is 6.18 Å². The zero-order chi connectivity index (χ0) is 16.4. The lowest BCUT2D eigenvalue weighted by Gasteiger charge is -2.14. The van der Waals surface area contributed by atoms with Gasteiger partial charge < -0.3 is 10.6 Å². The van der Waals surface area contributed by atoms with Gasteiger partial charge in [-0.2, -0.15) is 18.2 Å². The molecule has 0 atom stereocenters. The Hall–Kier alpha value is -1.96. The van der Waals surface area contributed by atoms with Gasteiger partial charge in [0.1, 0.15) is 5.82 Å². The molecule has 3 rings (SSSR count). The van der Waals surface area contributed by atoms with Crippen LogP contribution in [0.3, 0.4) is 0 Å². The Kier molecular flexibility index (Phi) is 4.34. The van der Waals surface area contributed by atoms with Crippen LogP contribution in [0, 0.1) is 0 Å². The van der Waals surface area contributed by atoms with Gasteiger partial charge >= 0.3 is 6.18 Å². The predicted octanol–water partition coefficient (Wildman–Crippen LogP) is 4.54. The molecule has 0 amide bonds. The number of anilines is 3. The van der Waals surface area contributed by atoms with Crippen LogP contribution in [0.5, 0.6) is 0 Å². The molecule has 1 saturated carbocycles. The van der Waals surface area contributed by atoms with Gasteiger partial charge in [0.05, 0.1) is 5.69 Å². The average molecular weight is 340 g/mol. The maximum Gasteiger partial charge on any atom is 0.433 e. The fraction of sp³-hybridized carbons (Fsp3) is 0.333. The number of halogens is 3. The van der Waals surface area contributed by atoms with E-state index >= 15 is 0 Å². The molecular weight excluding hydrogens is 325 g/mol. The molecule has 1 fully saturated rings. The van der Waals surface area contributed by atoms with Crippen LogP contribution < -0.4 is 10.6 Å². The summed E-state index contributed by atoms with van der Waals surface area (Å²) in [5.41, 5.74) is -0.246. The molecule has 1 heterocycles. The minimum absolute atomic E-state index is 0.00598. The minimum atomic E-state index is -4.52. The third-order valence-corrected chi connectivity index (χ3v) is 4.09. The minimum Gasteiger partial charge on any atom is -0.351 e. The van der Waals surface area contributed by atoms with Gasteiger partial charge in [0, 0.05) is 17.0 Å². The van der Waals surface area contributed by atoms with Crippen molar-refractivity contribution in [2.75, 3.05) is 16.9 Å². The van der Waals surface area contributed by atoms with Gasteiger partial charge in [0.2, 0.25) is 5.95 Å². The van der Waals surface area contributed by atoms with E-state index in [1.165, 1.54) is 11.8 Å². The maximum absolute atomic E-state index is 13.0. The van der Waals surface area contributed by atoms with E-state index in [1.54, 1.807) is 6.07 Å². The summed E-state index contributed by atoms with van der Waals surface area (Å²) in [6.45, 7) is 0. The van der Waals surface area contributed by atoms with Gasteiger partial charge in [-0.1, -0.05) is 12.1 Å². The molecule has 1 aromatic heterocycles. The number of alkyl halides is 3. The summed E-state index contributed by atoms with van der Waals surface area (Å²) >= 11 is 1.51. The number of aromatic nitrogens is 2. The van der Waals surface area contributed by atoms with Crippen LogP contribution in [0.1, 0.15) is 18.5 Å². The normalized spacial score (nSPS) is 14.6. The molecule has 0 unspecified atom stereocenters. The topological polar surface area (TPSA) is 49.8 Å². The van der Waals surface area contributed by atoms with Crippen molar-refractivity contribution in [3.8, 4) is 0 Å². The highest BCUT2D eigenvalue weighted by Gasteiger charge is 2.34. The zero-order valence-electron chi connectivity index (χ0n) is 12.3. The summed E-state index contributed by atoms with van der Waals surface area (Å²) < 4.78 is 39.1. The van der Waals surface area contributed by atoms with Crippen molar-refractivity contribution >= 4 is 29.2 Å². The Morgan fingerprint density at radius 2 is 1.91 bits per heavy atom. The molecule has 2 N–H and O–H groups in total. The molecule has 0 bridgehead atoms. The van der Waals surface area contributed by atoms with Crippen molar-refractivity contribution in [1.29, 1.82) is 0 Å². The molecule has 8 heteroatoms. The third-order valence-electron chi connectivity index (χ3n) is 3.30. The Balaban J connectivity index is 1.93. The number of hydrogen-bond donors (Lipinski definition) is 2. The Labute approximate surface area is 135 Å². The molecule has 23 heavy (non-hydrogen) atoms. The second-order valence-corrected chi connectivity index (χ2v) is 6.05. The number of hydrogen-bond acceptors (Lipinski definition) is 5. The van der Waals surface area contributed by atoms with E-state index in [0.29, 0.717) is 5.69 Å². The van der Waals surface area contributed by atoms with E-state index in [1.807, 2.05) is 24.5 Å². The van der Waals surface area contributed by atoms with Crippen molar-refractivity contribution in [3.63, 3.8) is 0 Å². The number of nitrogens with one attached hydrogen (secondary N) is 2. The SMILES string of the molecule is CSc1ccccc1Nc1cc(C(F)(F)F)nc(NC2CC2)n1. The van der Waals surface area contributed by atoms with Crippen molar-refractivity contribution in [2.24, 2.45) is 0 Å². The van der Waals surface area contributed by atoms with Crippen LogP contribution in [-0.4, -0.2) is 22.3 Å². The van der Waals surface area contributed by atoms with Crippen molar-refractivity contribution in [3.05, 3.63) is 36.0 Å².